The van der Waals surface area contributed by atoms with Crippen molar-refractivity contribution in [3.63, 3.8) is 0 Å². The Morgan fingerprint density at radius 3 is 2.39 bits per heavy atom. The van der Waals surface area contributed by atoms with Crippen LogP contribution in [0.1, 0.15) is 21.7 Å². The van der Waals surface area contributed by atoms with Crippen LogP contribution in [-0.2, 0) is 5.75 Å². The Morgan fingerprint density at radius 2 is 1.68 bits per heavy atom. The van der Waals surface area contributed by atoms with Crippen molar-refractivity contribution in [3.8, 4) is 34.5 Å². The van der Waals surface area contributed by atoms with E-state index < -0.39 is 0 Å². The largest absolute Gasteiger partial charge is 0.383 e. The third-order valence-corrected chi connectivity index (χ3v) is 6.80. The second-order valence-corrected chi connectivity index (χ2v) is 8.65. The molecule has 0 unspecified atom stereocenters. The standard InChI is InChI=1S/C24H17N5S2/c1-15-7-5-6-10-17(15)22-18(11-25)23(27)29-24(19(22)12-26)31-14-21-28-20(13-30-21)16-8-3-2-4-9-16/h2-10,13H,14H2,1H3,(H2,27,29). The molecule has 0 atom stereocenters. The zero-order chi connectivity index (χ0) is 21.8. The molecule has 0 amide bonds. The van der Waals surface area contributed by atoms with Gasteiger partial charge < -0.3 is 5.73 Å². The SMILES string of the molecule is Cc1ccccc1-c1c(C#N)c(N)nc(SCc2nc(-c3ccccc3)cs2)c1C#N. The highest BCUT2D eigenvalue weighted by Gasteiger charge is 2.21. The van der Waals surface area contributed by atoms with Crippen molar-refractivity contribution in [2.24, 2.45) is 0 Å². The van der Waals surface area contributed by atoms with Crippen LogP contribution in [0.15, 0.2) is 65.0 Å². The van der Waals surface area contributed by atoms with Crippen LogP contribution in [0, 0.1) is 29.6 Å². The van der Waals surface area contributed by atoms with Crippen LogP contribution in [0.4, 0.5) is 5.82 Å². The van der Waals surface area contributed by atoms with E-state index >= 15 is 0 Å². The van der Waals surface area contributed by atoms with Gasteiger partial charge in [0, 0.05) is 16.5 Å². The number of nitrogen functional groups attached to an aromatic ring is 1. The van der Waals surface area contributed by atoms with Crippen LogP contribution in [0.25, 0.3) is 22.4 Å². The minimum absolute atomic E-state index is 0.131. The molecule has 31 heavy (non-hydrogen) atoms. The molecule has 4 rings (SSSR count). The van der Waals surface area contributed by atoms with E-state index in [9.17, 15) is 10.5 Å². The molecule has 7 heteroatoms. The molecule has 2 aromatic heterocycles. The lowest BCUT2D eigenvalue weighted by Crippen LogP contribution is -2.04. The van der Waals surface area contributed by atoms with Gasteiger partial charge in [-0.3, -0.25) is 0 Å². The molecule has 0 saturated heterocycles. The van der Waals surface area contributed by atoms with Crippen molar-refractivity contribution in [1.82, 2.24) is 9.97 Å². The van der Waals surface area contributed by atoms with Gasteiger partial charge in [0.15, 0.2) is 0 Å². The molecular formula is C24H17N5S2. The van der Waals surface area contributed by atoms with E-state index in [0.29, 0.717) is 21.9 Å². The highest BCUT2D eigenvalue weighted by molar-refractivity contribution is 7.98. The van der Waals surface area contributed by atoms with Crippen LogP contribution >= 0.6 is 23.1 Å². The smallest absolute Gasteiger partial charge is 0.143 e. The Hall–Kier alpha value is -3.65. The second kappa shape index (κ2) is 9.01. The quantitative estimate of drug-likeness (QED) is 0.395. The molecule has 0 saturated carbocycles. The number of nitrogens with two attached hydrogens (primary N) is 1. The van der Waals surface area contributed by atoms with Gasteiger partial charge in [-0.25, -0.2) is 9.97 Å². The number of anilines is 1. The molecule has 0 spiro atoms. The summed E-state index contributed by atoms with van der Waals surface area (Å²) in [4.78, 5) is 9.09. The fourth-order valence-corrected chi connectivity index (χ4v) is 5.09. The average Bonchev–Trinajstić information content (AvgIpc) is 3.27. The molecule has 150 valence electrons. The number of hydrogen-bond acceptors (Lipinski definition) is 7. The zero-order valence-corrected chi connectivity index (χ0v) is 18.3. The molecule has 0 fully saturated rings. The highest BCUT2D eigenvalue weighted by atomic mass is 32.2. The molecule has 2 aromatic carbocycles. The molecule has 0 aliphatic rings. The maximum absolute atomic E-state index is 9.95. The van der Waals surface area contributed by atoms with E-state index in [1.54, 1.807) is 11.3 Å². The lowest BCUT2D eigenvalue weighted by Gasteiger charge is -2.14. The monoisotopic (exact) mass is 439 g/mol. The number of aryl methyl sites for hydroxylation is 1. The summed E-state index contributed by atoms with van der Waals surface area (Å²) in [5.74, 6) is 0.684. The highest BCUT2D eigenvalue weighted by Crippen LogP contribution is 2.38. The Balaban J connectivity index is 1.70. The predicted molar refractivity (Wildman–Crippen MR) is 125 cm³/mol. The lowest BCUT2D eigenvalue weighted by atomic mass is 9.93. The molecule has 5 nitrogen and oxygen atoms in total. The number of nitriles is 2. The predicted octanol–water partition coefficient (Wildman–Crippen LogP) is 5.80. The molecule has 0 aliphatic heterocycles. The topological polar surface area (TPSA) is 99.4 Å². The minimum atomic E-state index is 0.131. The van der Waals surface area contributed by atoms with Gasteiger partial charge in [-0.15, -0.1) is 11.3 Å². The van der Waals surface area contributed by atoms with E-state index in [1.165, 1.54) is 11.8 Å². The molecule has 0 bridgehead atoms. The second-order valence-electron chi connectivity index (χ2n) is 6.75. The Bertz CT molecular complexity index is 1330. The Morgan fingerprint density at radius 1 is 0.968 bits per heavy atom. The van der Waals surface area contributed by atoms with Crippen molar-refractivity contribution >= 4 is 28.9 Å². The summed E-state index contributed by atoms with van der Waals surface area (Å²) >= 11 is 2.97. The molecule has 0 aliphatic carbocycles. The van der Waals surface area contributed by atoms with Gasteiger partial charge >= 0.3 is 0 Å². The van der Waals surface area contributed by atoms with Crippen LogP contribution in [-0.4, -0.2) is 9.97 Å². The summed E-state index contributed by atoms with van der Waals surface area (Å²) < 4.78 is 0. The third-order valence-electron chi connectivity index (χ3n) is 4.78. The summed E-state index contributed by atoms with van der Waals surface area (Å²) in [5, 5.41) is 23.1. The van der Waals surface area contributed by atoms with E-state index in [1.807, 2.05) is 66.9 Å². The number of benzene rings is 2. The normalized spacial score (nSPS) is 10.4. The molecule has 2 N–H and O–H groups in total. The van der Waals surface area contributed by atoms with Crippen molar-refractivity contribution in [2.75, 3.05) is 5.73 Å². The van der Waals surface area contributed by atoms with Gasteiger partial charge in [0.1, 0.15) is 33.6 Å². The zero-order valence-electron chi connectivity index (χ0n) is 16.7. The Labute approximate surface area is 188 Å². The van der Waals surface area contributed by atoms with E-state index in [2.05, 4.69) is 17.1 Å². The third kappa shape index (κ3) is 4.15. The van der Waals surface area contributed by atoms with Gasteiger partial charge in [-0.2, -0.15) is 10.5 Å². The summed E-state index contributed by atoms with van der Waals surface area (Å²) in [6.07, 6.45) is 0. The molecule has 0 radical (unpaired) electrons. The fourth-order valence-electron chi connectivity index (χ4n) is 3.27. The summed E-state index contributed by atoms with van der Waals surface area (Å²) in [6.45, 7) is 1.95. The number of thiazole rings is 1. The molecule has 2 heterocycles. The van der Waals surface area contributed by atoms with Crippen molar-refractivity contribution in [1.29, 1.82) is 10.5 Å². The van der Waals surface area contributed by atoms with Crippen molar-refractivity contribution in [3.05, 3.63) is 81.7 Å². The number of aromatic nitrogens is 2. The van der Waals surface area contributed by atoms with E-state index in [4.69, 9.17) is 10.7 Å². The lowest BCUT2D eigenvalue weighted by molar-refractivity contribution is 1.11. The first kappa shape index (κ1) is 20.6. The first-order valence-electron chi connectivity index (χ1n) is 9.44. The van der Waals surface area contributed by atoms with Crippen LogP contribution < -0.4 is 5.73 Å². The minimum Gasteiger partial charge on any atom is -0.383 e. The maximum Gasteiger partial charge on any atom is 0.143 e. The fraction of sp³-hybridized carbons (Fsp3) is 0.0833. The maximum atomic E-state index is 9.95. The summed E-state index contributed by atoms with van der Waals surface area (Å²) in [7, 11) is 0. The number of pyridine rings is 1. The Kier molecular flexibility index (Phi) is 5.99. The van der Waals surface area contributed by atoms with Crippen molar-refractivity contribution in [2.45, 2.75) is 17.7 Å². The molecule has 4 aromatic rings. The van der Waals surface area contributed by atoms with Crippen LogP contribution in [0.5, 0.6) is 0 Å². The van der Waals surface area contributed by atoms with Crippen LogP contribution in [0.2, 0.25) is 0 Å². The van der Waals surface area contributed by atoms with Gasteiger partial charge in [0.25, 0.3) is 0 Å². The van der Waals surface area contributed by atoms with Crippen molar-refractivity contribution < 1.29 is 0 Å². The van der Waals surface area contributed by atoms with Gasteiger partial charge in [0.2, 0.25) is 0 Å². The summed E-state index contributed by atoms with van der Waals surface area (Å²) in [5.41, 5.74) is 11.0. The van der Waals surface area contributed by atoms with Gasteiger partial charge in [0.05, 0.1) is 17.0 Å². The number of thioether (sulfide) groups is 1. The van der Waals surface area contributed by atoms with Gasteiger partial charge in [-0.1, -0.05) is 66.4 Å². The number of hydrogen-bond donors (Lipinski definition) is 1. The first-order valence-corrected chi connectivity index (χ1v) is 11.3. The summed E-state index contributed by atoms with van der Waals surface area (Å²) in [6, 6.07) is 22.0. The van der Waals surface area contributed by atoms with Gasteiger partial charge in [-0.05, 0) is 18.1 Å². The van der Waals surface area contributed by atoms with E-state index in [-0.39, 0.29) is 11.4 Å². The van der Waals surface area contributed by atoms with E-state index in [0.717, 1.165) is 27.4 Å². The first-order chi connectivity index (χ1) is 15.1. The molecular weight excluding hydrogens is 422 g/mol. The van der Waals surface area contributed by atoms with Crippen LogP contribution in [0.3, 0.4) is 0 Å². The number of rotatable bonds is 5. The number of nitrogens with zero attached hydrogens (tertiary/aromatic N) is 4. The average molecular weight is 440 g/mol.